The van der Waals surface area contributed by atoms with Crippen LogP contribution >= 0.6 is 0 Å². The highest BCUT2D eigenvalue weighted by atomic mass is 16.5. The smallest absolute Gasteiger partial charge is 0.337 e. The number of allylic oxidation sites excluding steroid dienone is 3. The second kappa shape index (κ2) is 8.70. The van der Waals surface area contributed by atoms with Crippen LogP contribution in [0.1, 0.15) is 32.6 Å². The van der Waals surface area contributed by atoms with Crippen molar-refractivity contribution in [2.75, 3.05) is 12.0 Å². The molecule has 2 bridgehead atoms. The molecule has 5 nitrogen and oxygen atoms in total. The largest absolute Gasteiger partial charge is 0.465 e. The minimum atomic E-state index is -0.459. The van der Waals surface area contributed by atoms with Crippen LogP contribution < -0.4 is 4.90 Å². The number of methoxy groups -OCH3 is 1. The molecule has 0 unspecified atom stereocenters. The number of rotatable bonds is 4. The van der Waals surface area contributed by atoms with Gasteiger partial charge >= 0.3 is 5.97 Å². The number of nitrogens with zero attached hydrogens (tertiary/aromatic N) is 1. The number of carbonyl (C=O) groups excluding carboxylic acids is 3. The normalized spacial score (nSPS) is 23.5. The summed E-state index contributed by atoms with van der Waals surface area (Å²) in [5.41, 5.74) is 7.68. The van der Waals surface area contributed by atoms with Gasteiger partial charge in [-0.3, -0.25) is 9.59 Å². The quantitative estimate of drug-likeness (QED) is 0.275. The molecule has 2 amide bonds. The molecule has 3 aliphatic rings. The Morgan fingerprint density at radius 3 is 1.54 bits per heavy atom. The number of esters is 1. The van der Waals surface area contributed by atoms with E-state index in [0.29, 0.717) is 11.3 Å². The van der Waals surface area contributed by atoms with E-state index in [1.165, 1.54) is 23.1 Å². The molecule has 1 saturated heterocycles. The lowest BCUT2D eigenvalue weighted by Gasteiger charge is -2.22. The maximum absolute atomic E-state index is 13.8. The first-order valence-electron chi connectivity index (χ1n) is 12.5. The average Bonchev–Trinajstić information content (AvgIpc) is 3.55. The van der Waals surface area contributed by atoms with E-state index < -0.39 is 17.8 Å². The van der Waals surface area contributed by atoms with Gasteiger partial charge in [-0.1, -0.05) is 71.8 Å². The number of imide groups is 1. The molecule has 1 heterocycles. The van der Waals surface area contributed by atoms with Crippen molar-refractivity contribution in [3.05, 3.63) is 118 Å². The summed E-state index contributed by atoms with van der Waals surface area (Å²) in [6.45, 7) is 4.13. The Morgan fingerprint density at radius 2 is 1.11 bits per heavy atom. The minimum Gasteiger partial charge on any atom is -0.465 e. The zero-order valence-corrected chi connectivity index (χ0v) is 21.0. The summed E-state index contributed by atoms with van der Waals surface area (Å²) in [6, 6.07) is 23.4. The first-order chi connectivity index (χ1) is 17.9. The summed E-state index contributed by atoms with van der Waals surface area (Å²) in [5.74, 6) is -1.94. The number of fused-ring (bicyclic) bond motifs is 5. The van der Waals surface area contributed by atoms with Gasteiger partial charge in [0.25, 0.3) is 0 Å². The van der Waals surface area contributed by atoms with E-state index in [9.17, 15) is 14.4 Å². The molecule has 3 aromatic carbocycles. The number of amides is 2. The maximum Gasteiger partial charge on any atom is 0.337 e. The van der Waals surface area contributed by atoms with Crippen LogP contribution in [-0.4, -0.2) is 24.9 Å². The van der Waals surface area contributed by atoms with Crippen molar-refractivity contribution in [3.8, 4) is 0 Å². The first-order valence-corrected chi connectivity index (χ1v) is 12.5. The van der Waals surface area contributed by atoms with Gasteiger partial charge in [-0.15, -0.1) is 0 Å². The lowest BCUT2D eigenvalue weighted by atomic mass is 9.85. The number of hydrogen-bond acceptors (Lipinski definition) is 4. The van der Waals surface area contributed by atoms with Gasteiger partial charge in [0.05, 0.1) is 30.2 Å². The third-order valence-electron chi connectivity index (χ3n) is 7.93. The molecule has 2 aliphatic carbocycles. The highest BCUT2D eigenvalue weighted by Crippen LogP contribution is 2.58. The lowest BCUT2D eigenvalue weighted by molar-refractivity contribution is -0.122. The fourth-order valence-electron chi connectivity index (χ4n) is 6.16. The molecule has 4 atom stereocenters. The van der Waals surface area contributed by atoms with Crippen LogP contribution in [0.25, 0.3) is 5.57 Å². The molecule has 1 saturated carbocycles. The van der Waals surface area contributed by atoms with E-state index in [1.54, 1.807) is 24.3 Å². The third kappa shape index (κ3) is 3.57. The highest BCUT2D eigenvalue weighted by molar-refractivity contribution is 6.23. The number of aryl methyl sites for hydroxylation is 2. The topological polar surface area (TPSA) is 63.7 Å². The van der Waals surface area contributed by atoms with Crippen molar-refractivity contribution in [1.29, 1.82) is 0 Å². The molecular weight excluding hydrogens is 462 g/mol. The maximum atomic E-state index is 13.8. The van der Waals surface area contributed by atoms with Crippen LogP contribution in [0.3, 0.4) is 0 Å². The Balaban J connectivity index is 1.42. The molecule has 2 fully saturated rings. The molecule has 0 spiro atoms. The average molecular weight is 490 g/mol. The van der Waals surface area contributed by atoms with Gasteiger partial charge in [-0.25, -0.2) is 9.69 Å². The van der Waals surface area contributed by atoms with E-state index in [4.69, 9.17) is 4.74 Å². The number of carbonyl (C=O) groups is 3. The van der Waals surface area contributed by atoms with E-state index in [-0.39, 0.29) is 23.7 Å². The summed E-state index contributed by atoms with van der Waals surface area (Å²) in [5, 5.41) is 0. The summed E-state index contributed by atoms with van der Waals surface area (Å²) in [4.78, 5) is 40.6. The zero-order chi connectivity index (χ0) is 25.8. The van der Waals surface area contributed by atoms with Crippen LogP contribution in [0.15, 0.2) is 90.5 Å². The third-order valence-corrected chi connectivity index (χ3v) is 7.93. The minimum absolute atomic E-state index is 0.136. The molecule has 37 heavy (non-hydrogen) atoms. The second-order valence-electron chi connectivity index (χ2n) is 10.1. The van der Waals surface area contributed by atoms with Gasteiger partial charge in [-0.2, -0.15) is 0 Å². The molecule has 3 aromatic rings. The van der Waals surface area contributed by atoms with E-state index in [1.807, 2.05) is 0 Å². The van der Waals surface area contributed by atoms with Gasteiger partial charge in [-0.05, 0) is 60.4 Å². The molecule has 184 valence electrons. The number of hydrogen-bond donors (Lipinski definition) is 0. The van der Waals surface area contributed by atoms with Crippen LogP contribution in [-0.2, 0) is 14.3 Å². The molecule has 0 N–H and O–H groups in total. The Bertz CT molecular complexity index is 1400. The van der Waals surface area contributed by atoms with Gasteiger partial charge in [0, 0.05) is 11.8 Å². The van der Waals surface area contributed by atoms with Gasteiger partial charge in [0.15, 0.2) is 0 Å². The Hall–Kier alpha value is -4.25. The summed E-state index contributed by atoms with van der Waals surface area (Å²) in [6.07, 6.45) is 4.22. The highest BCUT2D eigenvalue weighted by Gasteiger charge is 2.62. The van der Waals surface area contributed by atoms with E-state index in [0.717, 1.165) is 22.3 Å². The fraction of sp³-hybridized carbons (Fsp3) is 0.219. The van der Waals surface area contributed by atoms with Gasteiger partial charge < -0.3 is 4.74 Å². The van der Waals surface area contributed by atoms with Crippen LogP contribution in [0.4, 0.5) is 5.69 Å². The van der Waals surface area contributed by atoms with E-state index >= 15 is 0 Å². The van der Waals surface area contributed by atoms with Gasteiger partial charge in [0.2, 0.25) is 11.8 Å². The van der Waals surface area contributed by atoms with Crippen molar-refractivity contribution in [1.82, 2.24) is 0 Å². The monoisotopic (exact) mass is 489 g/mol. The molecular formula is C32H27NO4. The van der Waals surface area contributed by atoms with Crippen molar-refractivity contribution in [2.24, 2.45) is 23.7 Å². The first kappa shape index (κ1) is 23.2. The Morgan fingerprint density at radius 1 is 0.676 bits per heavy atom. The van der Waals surface area contributed by atoms with Crippen molar-refractivity contribution in [2.45, 2.75) is 13.8 Å². The lowest BCUT2D eigenvalue weighted by Crippen LogP contribution is -2.33. The summed E-state index contributed by atoms with van der Waals surface area (Å²) < 4.78 is 4.76. The van der Waals surface area contributed by atoms with E-state index in [2.05, 4.69) is 74.5 Å². The molecule has 1 aliphatic heterocycles. The predicted octanol–water partition coefficient (Wildman–Crippen LogP) is 5.51. The zero-order valence-electron chi connectivity index (χ0n) is 21.0. The molecule has 6 rings (SSSR count). The van der Waals surface area contributed by atoms with Crippen LogP contribution in [0.5, 0.6) is 0 Å². The summed E-state index contributed by atoms with van der Waals surface area (Å²) in [7, 11) is 1.32. The van der Waals surface area contributed by atoms with Crippen molar-refractivity contribution < 1.29 is 19.1 Å². The number of benzene rings is 3. The molecule has 5 heteroatoms. The molecule has 0 aromatic heterocycles. The number of ether oxygens (including phenoxy) is 1. The van der Waals surface area contributed by atoms with Gasteiger partial charge in [0.1, 0.15) is 0 Å². The van der Waals surface area contributed by atoms with Crippen LogP contribution in [0.2, 0.25) is 0 Å². The Kier molecular flexibility index (Phi) is 5.45. The second-order valence-corrected chi connectivity index (χ2v) is 10.1. The Labute approximate surface area is 216 Å². The predicted molar refractivity (Wildman–Crippen MR) is 142 cm³/mol. The SMILES string of the molecule is COC(=O)c1ccc(N2C(=O)[C@@H]3[C@H](C2=O)[C@H]2C=C[C@H]3C2=C(c2ccc(C)cc2)c2ccc(C)cc2)cc1. The van der Waals surface area contributed by atoms with Crippen molar-refractivity contribution in [3.63, 3.8) is 0 Å². The van der Waals surface area contributed by atoms with Crippen molar-refractivity contribution >= 4 is 29.0 Å². The molecule has 0 radical (unpaired) electrons. The standard InChI is InChI=1S/C32H27NO4/c1-18-4-8-20(9-5-18)26(21-10-6-19(2)7-11-21)27-24-16-17-25(27)29-28(24)30(34)33(31(29)35)23-14-12-22(13-15-23)32(36)37-3/h4-17,24-25,28-29H,1-3H3/t24-,25-,28-,29+/m0/s1. The number of anilines is 1. The van der Waals surface area contributed by atoms with Crippen LogP contribution in [0, 0.1) is 37.5 Å². The fourth-order valence-corrected chi connectivity index (χ4v) is 6.16. The summed E-state index contributed by atoms with van der Waals surface area (Å²) >= 11 is 0.